The molecule has 0 spiro atoms. The van der Waals surface area contributed by atoms with Gasteiger partial charge in [0.25, 0.3) is 0 Å². The van der Waals surface area contributed by atoms with Crippen molar-refractivity contribution in [2.45, 2.75) is 20.3 Å². The summed E-state index contributed by atoms with van der Waals surface area (Å²) in [6.45, 7) is 4.05. The van der Waals surface area contributed by atoms with E-state index in [9.17, 15) is 0 Å². The summed E-state index contributed by atoms with van der Waals surface area (Å²) >= 11 is 0. The van der Waals surface area contributed by atoms with Crippen molar-refractivity contribution in [2.24, 2.45) is 0 Å². The molecule has 0 saturated heterocycles. The summed E-state index contributed by atoms with van der Waals surface area (Å²) in [5, 5.41) is 0. The van der Waals surface area contributed by atoms with Crippen LogP contribution in [0.25, 0.3) is 0 Å². The standard InChI is InChI=1S/C8H13/c1-3-5-7-8-6-4-2/h3-7H,8H2,1-2H3. The van der Waals surface area contributed by atoms with Crippen molar-refractivity contribution in [3.63, 3.8) is 0 Å². The molecule has 0 aliphatic heterocycles. The number of rotatable bonds is 3. The van der Waals surface area contributed by atoms with Gasteiger partial charge in [-0.15, -0.1) is 0 Å². The smallest absolute Gasteiger partial charge is 0.0169 e. The lowest BCUT2D eigenvalue weighted by Crippen LogP contribution is -1.56. The van der Waals surface area contributed by atoms with E-state index in [0.29, 0.717) is 0 Å². The maximum atomic E-state index is 2.12. The molecule has 45 valence electrons. The van der Waals surface area contributed by atoms with E-state index in [4.69, 9.17) is 0 Å². The zero-order valence-corrected chi connectivity index (χ0v) is 5.59. The van der Waals surface area contributed by atoms with Gasteiger partial charge in [-0.05, 0) is 19.8 Å². The van der Waals surface area contributed by atoms with Crippen LogP contribution in [0.4, 0.5) is 0 Å². The van der Waals surface area contributed by atoms with Crippen LogP contribution in [0.1, 0.15) is 20.3 Å². The molecule has 8 heavy (non-hydrogen) atoms. The van der Waals surface area contributed by atoms with Gasteiger partial charge in [0.1, 0.15) is 0 Å². The van der Waals surface area contributed by atoms with Gasteiger partial charge in [0.05, 0.1) is 0 Å². The Hall–Kier alpha value is -0.520. The second-order valence-electron chi connectivity index (χ2n) is 1.57. The number of allylic oxidation sites excluding steroid dienone is 4. The van der Waals surface area contributed by atoms with Crippen LogP contribution in [0.5, 0.6) is 0 Å². The topological polar surface area (TPSA) is 0 Å². The first-order valence-corrected chi connectivity index (χ1v) is 2.97. The molecule has 0 atom stereocenters. The zero-order valence-electron chi connectivity index (χ0n) is 5.59. The Kier molecular flexibility index (Phi) is 6.06. The third-order valence-corrected chi connectivity index (χ3v) is 0.836. The van der Waals surface area contributed by atoms with Gasteiger partial charge in [0.15, 0.2) is 0 Å². The van der Waals surface area contributed by atoms with Crippen LogP contribution in [0.15, 0.2) is 24.3 Å². The van der Waals surface area contributed by atoms with Crippen LogP contribution in [0, 0.1) is 6.42 Å². The van der Waals surface area contributed by atoms with Crippen LogP contribution in [0.3, 0.4) is 0 Å². The molecule has 0 aliphatic rings. The molecule has 0 heterocycles. The van der Waals surface area contributed by atoms with E-state index in [1.807, 2.05) is 20.3 Å². The highest BCUT2D eigenvalue weighted by Crippen LogP contribution is 1.85. The van der Waals surface area contributed by atoms with Gasteiger partial charge < -0.3 is 0 Å². The predicted molar refractivity (Wildman–Crippen MR) is 38.5 cm³/mol. The molecule has 0 bridgehead atoms. The first-order valence-electron chi connectivity index (χ1n) is 2.97. The molecular weight excluding hydrogens is 96.1 g/mol. The first-order chi connectivity index (χ1) is 3.91. The van der Waals surface area contributed by atoms with Crippen molar-refractivity contribution < 1.29 is 0 Å². The van der Waals surface area contributed by atoms with Crippen LogP contribution in [-0.4, -0.2) is 0 Å². The molecular formula is C8H13. The van der Waals surface area contributed by atoms with Crippen molar-refractivity contribution in [1.29, 1.82) is 0 Å². The van der Waals surface area contributed by atoms with Crippen molar-refractivity contribution in [3.8, 4) is 0 Å². The Morgan fingerprint density at radius 3 is 2.38 bits per heavy atom. The van der Waals surface area contributed by atoms with Crippen LogP contribution in [0.2, 0.25) is 0 Å². The molecule has 0 aromatic carbocycles. The lowest BCUT2D eigenvalue weighted by molar-refractivity contribution is 1.36. The van der Waals surface area contributed by atoms with Gasteiger partial charge in [-0.2, -0.15) is 0 Å². The van der Waals surface area contributed by atoms with Crippen LogP contribution < -0.4 is 0 Å². The van der Waals surface area contributed by atoms with Crippen molar-refractivity contribution >= 4 is 0 Å². The van der Waals surface area contributed by atoms with E-state index in [-0.39, 0.29) is 0 Å². The number of hydrogen-bond donors (Lipinski definition) is 0. The summed E-state index contributed by atoms with van der Waals surface area (Å²) in [4.78, 5) is 0. The van der Waals surface area contributed by atoms with Gasteiger partial charge in [0.2, 0.25) is 0 Å². The quantitative estimate of drug-likeness (QED) is 0.489. The van der Waals surface area contributed by atoms with Gasteiger partial charge in [0, 0.05) is 0 Å². The molecule has 0 aliphatic carbocycles. The van der Waals surface area contributed by atoms with E-state index < -0.39 is 0 Å². The Morgan fingerprint density at radius 1 is 1.12 bits per heavy atom. The second-order valence-corrected chi connectivity index (χ2v) is 1.57. The summed E-state index contributed by atoms with van der Waals surface area (Å²) < 4.78 is 0. The van der Waals surface area contributed by atoms with Crippen molar-refractivity contribution in [2.75, 3.05) is 0 Å². The molecule has 0 unspecified atom stereocenters. The first kappa shape index (κ1) is 7.48. The molecule has 0 saturated carbocycles. The minimum Gasteiger partial charge on any atom is -0.0914 e. The molecule has 0 aromatic rings. The van der Waals surface area contributed by atoms with E-state index in [1.165, 1.54) is 0 Å². The number of hydrogen-bond acceptors (Lipinski definition) is 0. The average molecular weight is 109 g/mol. The Labute approximate surface area is 51.9 Å². The Bertz CT molecular complexity index is 78.0. The van der Waals surface area contributed by atoms with Crippen LogP contribution >= 0.6 is 0 Å². The molecule has 0 fully saturated rings. The minimum absolute atomic E-state index is 1.06. The summed E-state index contributed by atoms with van der Waals surface area (Å²) in [6.07, 6.45) is 11.4. The minimum atomic E-state index is 1.06. The maximum absolute atomic E-state index is 2.12. The predicted octanol–water partition coefficient (Wildman–Crippen LogP) is 2.73. The third kappa shape index (κ3) is 5.48. The average Bonchev–Trinajstić information content (AvgIpc) is 1.81. The molecule has 0 N–H and O–H groups in total. The summed E-state index contributed by atoms with van der Waals surface area (Å²) in [5.41, 5.74) is 0. The van der Waals surface area contributed by atoms with Crippen molar-refractivity contribution in [3.05, 3.63) is 30.7 Å². The molecule has 0 heteroatoms. The summed E-state index contributed by atoms with van der Waals surface area (Å²) in [7, 11) is 0. The normalized spacial score (nSPS) is 11.8. The van der Waals surface area contributed by atoms with Gasteiger partial charge in [-0.1, -0.05) is 31.2 Å². The molecule has 1 radical (unpaired) electrons. The van der Waals surface area contributed by atoms with E-state index in [0.717, 1.165) is 6.42 Å². The van der Waals surface area contributed by atoms with E-state index in [1.54, 1.807) is 0 Å². The van der Waals surface area contributed by atoms with Gasteiger partial charge >= 0.3 is 0 Å². The van der Waals surface area contributed by atoms with E-state index in [2.05, 4.69) is 24.3 Å². The Morgan fingerprint density at radius 2 is 1.88 bits per heavy atom. The van der Waals surface area contributed by atoms with Crippen LogP contribution in [-0.2, 0) is 0 Å². The fraction of sp³-hybridized carbons (Fsp3) is 0.375. The fourth-order valence-electron chi connectivity index (χ4n) is 0.429. The fourth-order valence-corrected chi connectivity index (χ4v) is 0.429. The molecule has 0 amide bonds. The molecule has 0 rings (SSSR count). The molecule has 0 aromatic heterocycles. The maximum Gasteiger partial charge on any atom is -0.0169 e. The highest BCUT2D eigenvalue weighted by atomic mass is 13.7. The lowest BCUT2D eigenvalue weighted by atomic mass is 10.3. The van der Waals surface area contributed by atoms with Gasteiger partial charge in [-0.3, -0.25) is 0 Å². The lowest BCUT2D eigenvalue weighted by Gasteiger charge is -1.77. The zero-order chi connectivity index (χ0) is 6.24. The van der Waals surface area contributed by atoms with Crippen molar-refractivity contribution in [1.82, 2.24) is 0 Å². The summed E-state index contributed by atoms with van der Waals surface area (Å²) in [6, 6.07) is 0. The van der Waals surface area contributed by atoms with Gasteiger partial charge in [-0.25, -0.2) is 0 Å². The monoisotopic (exact) mass is 109 g/mol. The molecule has 0 nitrogen and oxygen atoms in total. The SMILES string of the molecule is C[CH]C=CCC=CC. The third-order valence-electron chi connectivity index (χ3n) is 0.836. The summed E-state index contributed by atoms with van der Waals surface area (Å²) in [5.74, 6) is 0. The largest absolute Gasteiger partial charge is 0.0914 e. The second kappa shape index (κ2) is 6.48. The van der Waals surface area contributed by atoms with E-state index >= 15 is 0 Å². The Balaban J connectivity index is 3.03. The highest BCUT2D eigenvalue weighted by molar-refractivity contribution is 4.96. The highest BCUT2D eigenvalue weighted by Gasteiger charge is 1.65.